The lowest BCUT2D eigenvalue weighted by Gasteiger charge is -2.07. The van der Waals surface area contributed by atoms with Gasteiger partial charge in [0.25, 0.3) is 5.91 Å². The van der Waals surface area contributed by atoms with Gasteiger partial charge in [-0.05, 0) is 17.7 Å². The zero-order valence-corrected chi connectivity index (χ0v) is 17.4. The summed E-state index contributed by atoms with van der Waals surface area (Å²) in [4.78, 5) is 31.1. The van der Waals surface area contributed by atoms with E-state index in [1.165, 1.54) is 0 Å². The first-order chi connectivity index (χ1) is 15.9. The minimum absolute atomic E-state index is 0.0198. The summed E-state index contributed by atoms with van der Waals surface area (Å²) in [5, 5.41) is 8.37. The molecule has 0 saturated heterocycles. The quantitative estimate of drug-likeness (QED) is 0.393. The number of aryl methyl sites for hydroxylation is 1. The highest BCUT2D eigenvalue weighted by molar-refractivity contribution is 5.94. The number of nitrogens with one attached hydrogen (secondary N) is 3. The standard InChI is InChI=1S/C20H19F6N5O3/c21-19(22,23)5-3-13-12(10-34-31-13)18(33)28-9-16-29-14-2-1-11(7-15(14)30-16)8-27-17(32)4-6-20(24,25)26/h1-2,7,10H,3-6,8-9H2,(H,27,32)(H,28,33)(H,29,30). The van der Waals surface area contributed by atoms with Crippen molar-refractivity contribution in [3.8, 4) is 0 Å². The first kappa shape index (κ1) is 25.1. The second-order valence-corrected chi connectivity index (χ2v) is 7.40. The van der Waals surface area contributed by atoms with Crippen LogP contribution in [0, 0.1) is 0 Å². The van der Waals surface area contributed by atoms with Gasteiger partial charge in [-0.25, -0.2) is 4.98 Å². The van der Waals surface area contributed by atoms with E-state index in [1.54, 1.807) is 18.2 Å². The summed E-state index contributed by atoms with van der Waals surface area (Å²) in [6, 6.07) is 4.91. The highest BCUT2D eigenvalue weighted by Crippen LogP contribution is 2.23. The molecule has 3 N–H and O–H groups in total. The molecule has 2 heterocycles. The number of amides is 2. The van der Waals surface area contributed by atoms with Crippen LogP contribution in [0.2, 0.25) is 0 Å². The summed E-state index contributed by atoms with van der Waals surface area (Å²) in [5.74, 6) is -1.06. The number of imidazole rings is 1. The minimum atomic E-state index is -4.41. The number of aromatic amines is 1. The molecule has 0 aliphatic carbocycles. The van der Waals surface area contributed by atoms with Crippen molar-refractivity contribution in [1.29, 1.82) is 0 Å². The lowest BCUT2D eigenvalue weighted by Crippen LogP contribution is -2.24. The summed E-state index contributed by atoms with van der Waals surface area (Å²) in [6.45, 7) is -0.0488. The van der Waals surface area contributed by atoms with Crippen molar-refractivity contribution in [1.82, 2.24) is 25.8 Å². The van der Waals surface area contributed by atoms with Crippen molar-refractivity contribution < 1.29 is 40.5 Å². The maximum atomic E-state index is 12.4. The number of halogens is 6. The van der Waals surface area contributed by atoms with Crippen molar-refractivity contribution in [2.24, 2.45) is 0 Å². The zero-order valence-electron chi connectivity index (χ0n) is 17.4. The van der Waals surface area contributed by atoms with Crippen LogP contribution in [0.4, 0.5) is 26.3 Å². The van der Waals surface area contributed by atoms with E-state index in [-0.39, 0.29) is 24.3 Å². The van der Waals surface area contributed by atoms with Gasteiger partial charge >= 0.3 is 12.4 Å². The molecular formula is C20H19F6N5O3. The molecule has 0 atom stereocenters. The van der Waals surface area contributed by atoms with E-state index in [0.29, 0.717) is 22.4 Å². The van der Waals surface area contributed by atoms with Crippen LogP contribution in [-0.2, 0) is 24.3 Å². The lowest BCUT2D eigenvalue weighted by atomic mass is 10.1. The Labute approximate surface area is 188 Å². The third-order valence-electron chi connectivity index (χ3n) is 4.67. The first-order valence-corrected chi connectivity index (χ1v) is 9.99. The second-order valence-electron chi connectivity index (χ2n) is 7.40. The van der Waals surface area contributed by atoms with Gasteiger partial charge in [0.1, 0.15) is 17.7 Å². The lowest BCUT2D eigenvalue weighted by molar-refractivity contribution is -0.144. The van der Waals surface area contributed by atoms with Crippen LogP contribution in [0.15, 0.2) is 29.0 Å². The van der Waals surface area contributed by atoms with Crippen molar-refractivity contribution in [2.75, 3.05) is 0 Å². The van der Waals surface area contributed by atoms with Crippen LogP contribution in [-0.4, -0.2) is 39.3 Å². The number of benzene rings is 1. The molecule has 0 radical (unpaired) electrons. The number of aromatic nitrogens is 3. The normalized spacial score (nSPS) is 12.2. The summed E-state index contributed by atoms with van der Waals surface area (Å²) in [6.07, 6.45) is -11.3. The molecule has 0 saturated carbocycles. The highest BCUT2D eigenvalue weighted by Gasteiger charge is 2.29. The van der Waals surface area contributed by atoms with Crippen LogP contribution in [0.3, 0.4) is 0 Å². The van der Waals surface area contributed by atoms with Crippen LogP contribution in [0.5, 0.6) is 0 Å². The fourth-order valence-corrected chi connectivity index (χ4v) is 2.99. The van der Waals surface area contributed by atoms with Gasteiger partial charge in [0, 0.05) is 25.8 Å². The van der Waals surface area contributed by atoms with E-state index in [0.717, 1.165) is 6.26 Å². The largest absolute Gasteiger partial charge is 0.389 e. The van der Waals surface area contributed by atoms with Gasteiger partial charge in [-0.15, -0.1) is 0 Å². The van der Waals surface area contributed by atoms with E-state index in [2.05, 4.69) is 30.3 Å². The monoisotopic (exact) mass is 491 g/mol. The zero-order chi connectivity index (χ0) is 24.9. The number of hydrogen-bond donors (Lipinski definition) is 3. The molecule has 3 rings (SSSR count). The third-order valence-corrected chi connectivity index (χ3v) is 4.67. The Bertz CT molecular complexity index is 1150. The summed E-state index contributed by atoms with van der Waals surface area (Å²) >= 11 is 0. The fraction of sp³-hybridized carbons (Fsp3) is 0.400. The maximum absolute atomic E-state index is 12.4. The van der Waals surface area contributed by atoms with Crippen LogP contribution < -0.4 is 10.6 Å². The van der Waals surface area contributed by atoms with Gasteiger partial charge in [-0.1, -0.05) is 11.2 Å². The van der Waals surface area contributed by atoms with E-state index >= 15 is 0 Å². The molecule has 0 unspecified atom stereocenters. The number of hydrogen-bond acceptors (Lipinski definition) is 5. The van der Waals surface area contributed by atoms with Gasteiger partial charge in [0.2, 0.25) is 5.91 Å². The molecule has 3 aromatic rings. The number of fused-ring (bicyclic) bond motifs is 1. The highest BCUT2D eigenvalue weighted by atomic mass is 19.4. The molecule has 0 aliphatic rings. The molecule has 0 bridgehead atoms. The molecule has 0 fully saturated rings. The van der Waals surface area contributed by atoms with E-state index < -0.39 is 49.9 Å². The van der Waals surface area contributed by atoms with Gasteiger partial charge in [0.15, 0.2) is 0 Å². The predicted molar refractivity (Wildman–Crippen MR) is 105 cm³/mol. The SMILES string of the molecule is O=C(CCC(F)(F)F)NCc1ccc2nc(CNC(=O)c3conc3CCC(F)(F)F)[nH]c2c1. The summed E-state index contributed by atoms with van der Waals surface area (Å²) in [7, 11) is 0. The number of carbonyl (C=O) groups excluding carboxylic acids is 2. The van der Waals surface area contributed by atoms with E-state index in [9.17, 15) is 35.9 Å². The summed E-state index contributed by atoms with van der Waals surface area (Å²) in [5.41, 5.74) is 1.49. The Kier molecular flexibility index (Phi) is 7.47. The predicted octanol–water partition coefficient (Wildman–Crippen LogP) is 3.93. The Morgan fingerprint density at radius 3 is 2.44 bits per heavy atom. The van der Waals surface area contributed by atoms with Crippen LogP contribution in [0.1, 0.15) is 46.7 Å². The third kappa shape index (κ3) is 7.49. The minimum Gasteiger partial charge on any atom is -0.364 e. The average Bonchev–Trinajstić information content (AvgIpc) is 3.38. The van der Waals surface area contributed by atoms with Crippen LogP contribution >= 0.6 is 0 Å². The molecule has 14 heteroatoms. The molecule has 184 valence electrons. The van der Waals surface area contributed by atoms with E-state index in [4.69, 9.17) is 0 Å². The van der Waals surface area contributed by atoms with Gasteiger partial charge in [0.05, 0.1) is 29.7 Å². The average molecular weight is 491 g/mol. The maximum Gasteiger partial charge on any atom is 0.389 e. The molecular weight excluding hydrogens is 472 g/mol. The first-order valence-electron chi connectivity index (χ1n) is 9.99. The molecule has 8 nitrogen and oxygen atoms in total. The Morgan fingerprint density at radius 1 is 1.00 bits per heavy atom. The molecule has 0 spiro atoms. The molecule has 2 amide bonds. The van der Waals surface area contributed by atoms with Crippen molar-refractivity contribution >= 4 is 22.8 Å². The Hall–Kier alpha value is -3.58. The number of rotatable bonds is 9. The van der Waals surface area contributed by atoms with Crippen molar-refractivity contribution in [3.63, 3.8) is 0 Å². The summed E-state index contributed by atoms with van der Waals surface area (Å²) < 4.78 is 78.4. The van der Waals surface area contributed by atoms with E-state index in [1.807, 2.05) is 0 Å². The molecule has 2 aromatic heterocycles. The van der Waals surface area contributed by atoms with Crippen molar-refractivity contribution in [3.05, 3.63) is 47.1 Å². The topological polar surface area (TPSA) is 113 Å². The number of nitrogens with zero attached hydrogens (tertiary/aromatic N) is 2. The Morgan fingerprint density at radius 2 is 1.74 bits per heavy atom. The van der Waals surface area contributed by atoms with Gasteiger partial charge in [-0.2, -0.15) is 26.3 Å². The molecule has 1 aromatic carbocycles. The Balaban J connectivity index is 1.55. The van der Waals surface area contributed by atoms with Gasteiger partial charge in [-0.3, -0.25) is 9.59 Å². The second kappa shape index (κ2) is 10.1. The van der Waals surface area contributed by atoms with Crippen molar-refractivity contribution in [2.45, 2.75) is 51.1 Å². The number of H-pyrrole nitrogens is 1. The molecule has 34 heavy (non-hydrogen) atoms. The van der Waals surface area contributed by atoms with Gasteiger partial charge < -0.3 is 20.1 Å². The smallest absolute Gasteiger partial charge is 0.364 e. The molecule has 0 aliphatic heterocycles. The van der Waals surface area contributed by atoms with Crippen LogP contribution in [0.25, 0.3) is 11.0 Å². The number of alkyl halides is 6. The number of carbonyl (C=O) groups is 2. The fourth-order valence-electron chi connectivity index (χ4n) is 2.99.